The maximum absolute atomic E-state index is 13.2. The molecule has 1 aromatic carbocycles. The van der Waals surface area contributed by atoms with Crippen LogP contribution < -0.4 is 5.32 Å². The molecule has 1 saturated heterocycles. The highest BCUT2D eigenvalue weighted by Gasteiger charge is 2.34. The second kappa shape index (κ2) is 5.78. The van der Waals surface area contributed by atoms with Gasteiger partial charge in [0, 0.05) is 25.2 Å². The monoisotopic (exact) mass is 311 g/mol. The number of amides is 1. The first kappa shape index (κ1) is 16.0. The van der Waals surface area contributed by atoms with E-state index in [1.807, 2.05) is 0 Å². The maximum atomic E-state index is 13.2. The Morgan fingerprint density at radius 2 is 2.09 bits per heavy atom. The van der Waals surface area contributed by atoms with Gasteiger partial charge < -0.3 is 15.0 Å². The van der Waals surface area contributed by atoms with Crippen LogP contribution in [0.1, 0.15) is 20.8 Å². The quantitative estimate of drug-likeness (QED) is 0.685. The molecule has 0 radical (unpaired) electrons. The SMILES string of the molecule is CC(C)(C)OC(=O)N1CC(Nc2cc(F)ccc2[N+](=O)[O-])C1. The fourth-order valence-electron chi connectivity index (χ4n) is 2.05. The second-order valence-electron chi connectivity index (χ2n) is 6.15. The third-order valence-corrected chi connectivity index (χ3v) is 3.05. The Labute approximate surface area is 127 Å². The van der Waals surface area contributed by atoms with Gasteiger partial charge >= 0.3 is 6.09 Å². The molecule has 22 heavy (non-hydrogen) atoms. The van der Waals surface area contributed by atoms with E-state index in [1.54, 1.807) is 20.8 Å². The smallest absolute Gasteiger partial charge is 0.410 e. The van der Waals surface area contributed by atoms with E-state index in [2.05, 4.69) is 5.32 Å². The van der Waals surface area contributed by atoms with E-state index in [0.717, 1.165) is 18.2 Å². The van der Waals surface area contributed by atoms with E-state index in [0.29, 0.717) is 13.1 Å². The number of carbonyl (C=O) groups excluding carboxylic acids is 1. The molecule has 0 saturated carbocycles. The molecule has 1 aliphatic rings. The molecular formula is C14H18FN3O4. The molecular weight excluding hydrogens is 293 g/mol. The zero-order valence-corrected chi connectivity index (χ0v) is 12.6. The van der Waals surface area contributed by atoms with Crippen molar-refractivity contribution in [1.29, 1.82) is 0 Å². The molecule has 1 aliphatic heterocycles. The van der Waals surface area contributed by atoms with Crippen LogP contribution in [0, 0.1) is 15.9 Å². The fraction of sp³-hybridized carbons (Fsp3) is 0.500. The highest BCUT2D eigenvalue weighted by atomic mass is 19.1. The minimum absolute atomic E-state index is 0.110. The molecule has 2 rings (SSSR count). The number of carbonyl (C=O) groups is 1. The van der Waals surface area contributed by atoms with Crippen LogP contribution in [0.2, 0.25) is 0 Å². The van der Waals surface area contributed by atoms with E-state index < -0.39 is 22.4 Å². The van der Waals surface area contributed by atoms with Gasteiger partial charge in [-0.05, 0) is 26.8 Å². The van der Waals surface area contributed by atoms with Crippen molar-refractivity contribution in [3.05, 3.63) is 34.1 Å². The van der Waals surface area contributed by atoms with Gasteiger partial charge in [-0.3, -0.25) is 10.1 Å². The summed E-state index contributed by atoms with van der Waals surface area (Å²) in [5.41, 5.74) is -0.660. The standard InChI is InChI=1S/C14H18FN3O4/c1-14(2,3)22-13(19)17-7-10(8-17)16-11-6-9(15)4-5-12(11)18(20)21/h4-6,10,16H,7-8H2,1-3H3. The van der Waals surface area contributed by atoms with Gasteiger partial charge in [0.15, 0.2) is 0 Å². The number of hydrogen-bond acceptors (Lipinski definition) is 5. The van der Waals surface area contributed by atoms with E-state index in [4.69, 9.17) is 4.74 Å². The Morgan fingerprint density at radius 1 is 1.45 bits per heavy atom. The molecule has 1 aromatic rings. The lowest BCUT2D eigenvalue weighted by atomic mass is 10.1. The first-order chi connectivity index (χ1) is 10.2. The number of nitrogens with zero attached hydrogens (tertiary/aromatic N) is 2. The lowest BCUT2D eigenvalue weighted by molar-refractivity contribution is -0.384. The molecule has 0 spiro atoms. The van der Waals surface area contributed by atoms with Crippen LogP contribution in [0.25, 0.3) is 0 Å². The predicted octanol–water partition coefficient (Wildman–Crippen LogP) is 2.77. The third-order valence-electron chi connectivity index (χ3n) is 3.05. The average molecular weight is 311 g/mol. The number of hydrogen-bond donors (Lipinski definition) is 1. The Morgan fingerprint density at radius 3 is 2.64 bits per heavy atom. The van der Waals surface area contributed by atoms with E-state index in [1.165, 1.54) is 4.90 Å². The molecule has 0 aliphatic carbocycles. The van der Waals surface area contributed by atoms with Crippen molar-refractivity contribution < 1.29 is 18.8 Å². The number of halogens is 1. The summed E-state index contributed by atoms with van der Waals surface area (Å²) >= 11 is 0. The number of nitro groups is 1. The zero-order valence-electron chi connectivity index (χ0n) is 12.6. The molecule has 0 atom stereocenters. The van der Waals surface area contributed by atoms with Gasteiger partial charge in [-0.1, -0.05) is 0 Å². The number of nitro benzene ring substituents is 1. The van der Waals surface area contributed by atoms with Crippen LogP contribution >= 0.6 is 0 Å². The van der Waals surface area contributed by atoms with Crippen LogP contribution in [0.15, 0.2) is 18.2 Å². The van der Waals surface area contributed by atoms with E-state index >= 15 is 0 Å². The van der Waals surface area contributed by atoms with Crippen LogP contribution in [0.4, 0.5) is 20.6 Å². The number of rotatable bonds is 3. The normalized spacial score (nSPS) is 15.2. The minimum Gasteiger partial charge on any atom is -0.444 e. The third kappa shape index (κ3) is 3.84. The fourth-order valence-corrected chi connectivity index (χ4v) is 2.05. The number of ether oxygens (including phenoxy) is 1. The van der Waals surface area contributed by atoms with Crippen LogP contribution in [0.5, 0.6) is 0 Å². The Bertz CT molecular complexity index is 594. The molecule has 120 valence electrons. The molecule has 0 unspecified atom stereocenters. The van der Waals surface area contributed by atoms with Crippen LogP contribution in [-0.2, 0) is 4.74 Å². The Balaban J connectivity index is 1.94. The van der Waals surface area contributed by atoms with Crippen LogP contribution in [0.3, 0.4) is 0 Å². The highest BCUT2D eigenvalue weighted by Crippen LogP contribution is 2.27. The summed E-state index contributed by atoms with van der Waals surface area (Å²) in [7, 11) is 0. The summed E-state index contributed by atoms with van der Waals surface area (Å²) < 4.78 is 18.4. The topological polar surface area (TPSA) is 84.7 Å². The summed E-state index contributed by atoms with van der Waals surface area (Å²) in [6.45, 7) is 6.02. The first-order valence-corrected chi connectivity index (χ1v) is 6.84. The largest absolute Gasteiger partial charge is 0.444 e. The molecule has 7 nitrogen and oxygen atoms in total. The van der Waals surface area contributed by atoms with Crippen molar-refractivity contribution in [3.63, 3.8) is 0 Å². The molecule has 0 aromatic heterocycles. The van der Waals surface area contributed by atoms with Crippen molar-refractivity contribution in [1.82, 2.24) is 4.90 Å². The summed E-state index contributed by atoms with van der Waals surface area (Å²) in [6.07, 6.45) is -0.431. The second-order valence-corrected chi connectivity index (χ2v) is 6.15. The number of benzene rings is 1. The summed E-state index contributed by atoms with van der Waals surface area (Å²) in [5, 5.41) is 13.8. The summed E-state index contributed by atoms with van der Waals surface area (Å²) in [6, 6.07) is 3.06. The summed E-state index contributed by atoms with van der Waals surface area (Å²) in [5.74, 6) is -0.559. The molecule has 1 amide bonds. The van der Waals surface area contributed by atoms with Crippen molar-refractivity contribution in [2.75, 3.05) is 18.4 Å². The highest BCUT2D eigenvalue weighted by molar-refractivity contribution is 5.70. The van der Waals surface area contributed by atoms with E-state index in [-0.39, 0.29) is 17.4 Å². The average Bonchev–Trinajstić information content (AvgIpc) is 2.30. The van der Waals surface area contributed by atoms with Gasteiger partial charge in [0.1, 0.15) is 17.1 Å². The van der Waals surface area contributed by atoms with Gasteiger partial charge in [0.2, 0.25) is 0 Å². The van der Waals surface area contributed by atoms with Crippen LogP contribution in [-0.4, -0.2) is 40.6 Å². The number of likely N-dealkylation sites (tertiary alicyclic amines) is 1. The Kier molecular flexibility index (Phi) is 4.20. The number of anilines is 1. The van der Waals surface area contributed by atoms with Gasteiger partial charge in [0.05, 0.1) is 11.0 Å². The minimum atomic E-state index is -0.577. The molecule has 1 N–H and O–H groups in total. The van der Waals surface area contributed by atoms with Crippen molar-refractivity contribution >= 4 is 17.5 Å². The van der Waals surface area contributed by atoms with Gasteiger partial charge in [-0.25, -0.2) is 9.18 Å². The first-order valence-electron chi connectivity index (χ1n) is 6.84. The lowest BCUT2D eigenvalue weighted by Crippen LogP contribution is -2.57. The predicted molar refractivity (Wildman–Crippen MR) is 78.3 cm³/mol. The Hall–Kier alpha value is -2.38. The molecule has 0 bridgehead atoms. The molecule has 8 heteroatoms. The number of nitrogens with one attached hydrogen (secondary N) is 1. The van der Waals surface area contributed by atoms with E-state index in [9.17, 15) is 19.3 Å². The van der Waals surface area contributed by atoms with Gasteiger partial charge in [-0.15, -0.1) is 0 Å². The van der Waals surface area contributed by atoms with Crippen molar-refractivity contribution in [2.45, 2.75) is 32.4 Å². The molecule has 1 fully saturated rings. The maximum Gasteiger partial charge on any atom is 0.410 e. The van der Waals surface area contributed by atoms with Gasteiger partial charge in [-0.2, -0.15) is 0 Å². The lowest BCUT2D eigenvalue weighted by Gasteiger charge is -2.40. The van der Waals surface area contributed by atoms with Crippen molar-refractivity contribution in [3.8, 4) is 0 Å². The zero-order chi connectivity index (χ0) is 16.5. The van der Waals surface area contributed by atoms with Crippen molar-refractivity contribution in [2.24, 2.45) is 0 Å². The summed E-state index contributed by atoms with van der Waals surface area (Å²) in [4.78, 5) is 23.6. The van der Waals surface area contributed by atoms with Gasteiger partial charge in [0.25, 0.3) is 5.69 Å². The molecule has 1 heterocycles.